The van der Waals surface area contributed by atoms with Crippen molar-refractivity contribution in [2.24, 2.45) is 7.05 Å². The number of urea groups is 1. The largest absolute Gasteiger partial charge is 0.352 e. The van der Waals surface area contributed by atoms with E-state index in [2.05, 4.69) is 30.6 Å². The van der Waals surface area contributed by atoms with Gasteiger partial charge in [-0.05, 0) is 25.8 Å². The van der Waals surface area contributed by atoms with Gasteiger partial charge >= 0.3 is 6.03 Å². The highest BCUT2D eigenvalue weighted by Gasteiger charge is 2.42. The van der Waals surface area contributed by atoms with E-state index < -0.39 is 0 Å². The lowest BCUT2D eigenvalue weighted by Gasteiger charge is -2.41. The maximum Gasteiger partial charge on any atom is 0.318 e. The average molecular weight is 356 g/mol. The monoisotopic (exact) mass is 356 g/mol. The van der Waals surface area contributed by atoms with Gasteiger partial charge in [0.25, 0.3) is 0 Å². The topological polar surface area (TPSA) is 91.2 Å². The minimum absolute atomic E-state index is 0.0567. The van der Waals surface area contributed by atoms with Gasteiger partial charge in [-0.3, -0.25) is 4.68 Å². The molecule has 4 heterocycles. The summed E-state index contributed by atoms with van der Waals surface area (Å²) in [4.78, 5) is 25.5. The Balaban J connectivity index is 1.47. The molecule has 2 aliphatic heterocycles. The fourth-order valence-electron chi connectivity index (χ4n) is 3.86. The predicted molar refractivity (Wildman–Crippen MR) is 98.5 cm³/mol. The molecule has 0 aromatic carbocycles. The van der Waals surface area contributed by atoms with Crippen molar-refractivity contribution in [1.82, 2.24) is 30.0 Å². The standard InChI is InChI=1S/C17H24N8O/c1-3-18-17(26)25-13-4-5-14(25)11-24(10-13)15-6-7-19-16(22-15)21-12-8-20-23(2)9-12/h6-9,13-14H,3-5,10-11H2,1-2H3,(H,18,26)(H,19,21,22)/t13-,14-/m1/s1. The Kier molecular flexibility index (Phi) is 4.36. The molecule has 2 saturated heterocycles. The fraction of sp³-hybridized carbons (Fsp3) is 0.529. The minimum Gasteiger partial charge on any atom is -0.352 e. The molecule has 2 N–H and O–H groups in total. The van der Waals surface area contributed by atoms with Gasteiger partial charge in [0, 0.05) is 39.1 Å². The molecule has 9 nitrogen and oxygen atoms in total. The van der Waals surface area contributed by atoms with Crippen LogP contribution < -0.4 is 15.5 Å². The zero-order valence-corrected chi connectivity index (χ0v) is 15.1. The summed E-state index contributed by atoms with van der Waals surface area (Å²) in [6.45, 7) is 4.22. The van der Waals surface area contributed by atoms with E-state index in [-0.39, 0.29) is 18.1 Å². The second-order valence-corrected chi connectivity index (χ2v) is 6.80. The number of carbonyl (C=O) groups is 1. The first-order chi connectivity index (χ1) is 12.6. The van der Waals surface area contributed by atoms with E-state index in [1.807, 2.05) is 31.1 Å². The van der Waals surface area contributed by atoms with Crippen molar-refractivity contribution in [1.29, 1.82) is 0 Å². The van der Waals surface area contributed by atoms with Gasteiger partial charge in [-0.25, -0.2) is 9.78 Å². The number of nitrogens with one attached hydrogen (secondary N) is 2. The summed E-state index contributed by atoms with van der Waals surface area (Å²) in [5.74, 6) is 1.44. The van der Waals surface area contributed by atoms with E-state index >= 15 is 0 Å². The van der Waals surface area contributed by atoms with Crippen LogP contribution >= 0.6 is 0 Å². The summed E-state index contributed by atoms with van der Waals surface area (Å²) in [6.07, 6.45) is 7.47. The Labute approximate surface area is 152 Å². The van der Waals surface area contributed by atoms with Crippen LogP contribution in [0, 0.1) is 0 Å². The number of amides is 2. The van der Waals surface area contributed by atoms with E-state index in [0.29, 0.717) is 12.5 Å². The SMILES string of the molecule is CCNC(=O)N1[C@@H]2CC[C@@H]1CN(c1ccnc(Nc3cnn(C)c3)n1)C2. The second-order valence-electron chi connectivity index (χ2n) is 6.80. The Bertz CT molecular complexity index is 777. The van der Waals surface area contributed by atoms with Gasteiger partial charge in [0.1, 0.15) is 5.82 Å². The highest BCUT2D eigenvalue weighted by molar-refractivity contribution is 5.75. The number of anilines is 3. The highest BCUT2D eigenvalue weighted by Crippen LogP contribution is 2.32. The normalized spacial score (nSPS) is 21.8. The van der Waals surface area contributed by atoms with E-state index in [0.717, 1.165) is 37.4 Å². The molecule has 2 aliphatic rings. The molecule has 9 heteroatoms. The lowest BCUT2D eigenvalue weighted by atomic mass is 10.2. The molecular formula is C17H24N8O. The molecule has 2 aromatic rings. The molecule has 2 atom stereocenters. The first kappa shape index (κ1) is 16.6. The quantitative estimate of drug-likeness (QED) is 0.859. The van der Waals surface area contributed by atoms with E-state index in [9.17, 15) is 4.79 Å². The molecule has 2 fully saturated rings. The van der Waals surface area contributed by atoms with Crippen LogP contribution in [0.4, 0.5) is 22.2 Å². The number of aromatic nitrogens is 4. The summed E-state index contributed by atoms with van der Waals surface area (Å²) in [5.41, 5.74) is 0.853. The lowest BCUT2D eigenvalue weighted by molar-refractivity contribution is 0.162. The van der Waals surface area contributed by atoms with Gasteiger partial charge in [-0.15, -0.1) is 0 Å². The highest BCUT2D eigenvalue weighted by atomic mass is 16.2. The molecule has 0 aliphatic carbocycles. The number of carbonyl (C=O) groups excluding carboxylic acids is 1. The third-order valence-electron chi connectivity index (χ3n) is 4.97. The van der Waals surface area contributed by atoms with E-state index in [1.165, 1.54) is 0 Å². The van der Waals surface area contributed by atoms with Crippen LogP contribution in [0.25, 0.3) is 0 Å². The minimum atomic E-state index is 0.0567. The van der Waals surface area contributed by atoms with Crippen LogP contribution in [-0.4, -0.2) is 62.4 Å². The number of rotatable bonds is 4. The maximum absolute atomic E-state index is 12.3. The molecule has 0 unspecified atom stereocenters. The molecule has 4 rings (SSSR count). The number of aryl methyl sites for hydroxylation is 1. The Morgan fingerprint density at radius 2 is 2.08 bits per heavy atom. The first-order valence-corrected chi connectivity index (χ1v) is 9.04. The predicted octanol–water partition coefficient (Wildman–Crippen LogP) is 1.34. The molecule has 26 heavy (non-hydrogen) atoms. The molecule has 0 saturated carbocycles. The number of piperazine rings is 1. The molecule has 2 aromatic heterocycles. The average Bonchev–Trinajstić information content (AvgIpc) is 3.15. The molecule has 0 radical (unpaired) electrons. The molecule has 138 valence electrons. The van der Waals surface area contributed by atoms with Crippen LogP contribution in [0.3, 0.4) is 0 Å². The summed E-state index contributed by atoms with van der Waals surface area (Å²) < 4.78 is 1.73. The van der Waals surface area contributed by atoms with Crippen molar-refractivity contribution in [3.63, 3.8) is 0 Å². The molecular weight excluding hydrogens is 332 g/mol. The number of nitrogens with zero attached hydrogens (tertiary/aromatic N) is 6. The Morgan fingerprint density at radius 1 is 1.31 bits per heavy atom. The van der Waals surface area contributed by atoms with E-state index in [1.54, 1.807) is 17.1 Å². The van der Waals surface area contributed by atoms with Gasteiger partial charge in [0.2, 0.25) is 5.95 Å². The zero-order chi connectivity index (χ0) is 18.1. The van der Waals surface area contributed by atoms with Gasteiger partial charge in [0.05, 0.1) is 24.0 Å². The van der Waals surface area contributed by atoms with Crippen molar-refractivity contribution in [2.45, 2.75) is 31.8 Å². The van der Waals surface area contributed by atoms with Crippen LogP contribution in [0.15, 0.2) is 24.7 Å². The Hall–Kier alpha value is -2.84. The summed E-state index contributed by atoms with van der Waals surface area (Å²) >= 11 is 0. The van der Waals surface area contributed by atoms with Gasteiger partial charge in [-0.1, -0.05) is 0 Å². The van der Waals surface area contributed by atoms with Crippen LogP contribution in [-0.2, 0) is 7.05 Å². The lowest BCUT2D eigenvalue weighted by Crippen LogP contribution is -2.58. The van der Waals surface area contributed by atoms with Crippen molar-refractivity contribution in [3.8, 4) is 0 Å². The third-order valence-corrected chi connectivity index (χ3v) is 4.97. The van der Waals surface area contributed by atoms with Crippen LogP contribution in [0.1, 0.15) is 19.8 Å². The maximum atomic E-state index is 12.3. The van der Waals surface area contributed by atoms with Gasteiger partial charge in [-0.2, -0.15) is 10.1 Å². The Morgan fingerprint density at radius 3 is 2.73 bits per heavy atom. The number of hydrogen-bond acceptors (Lipinski definition) is 6. The smallest absolute Gasteiger partial charge is 0.318 e. The molecule has 0 spiro atoms. The van der Waals surface area contributed by atoms with Crippen LogP contribution in [0.5, 0.6) is 0 Å². The van der Waals surface area contributed by atoms with Crippen molar-refractivity contribution < 1.29 is 4.79 Å². The van der Waals surface area contributed by atoms with Crippen molar-refractivity contribution in [2.75, 3.05) is 29.9 Å². The number of hydrogen-bond donors (Lipinski definition) is 2. The second kappa shape index (κ2) is 6.81. The van der Waals surface area contributed by atoms with Crippen LogP contribution in [0.2, 0.25) is 0 Å². The van der Waals surface area contributed by atoms with Gasteiger partial charge in [0.15, 0.2) is 0 Å². The molecule has 2 amide bonds. The zero-order valence-electron chi connectivity index (χ0n) is 15.1. The summed E-state index contributed by atoms with van der Waals surface area (Å²) in [7, 11) is 1.87. The first-order valence-electron chi connectivity index (χ1n) is 9.04. The summed E-state index contributed by atoms with van der Waals surface area (Å²) in [5, 5.41) is 10.3. The van der Waals surface area contributed by atoms with Crippen molar-refractivity contribution >= 4 is 23.5 Å². The fourth-order valence-corrected chi connectivity index (χ4v) is 3.86. The van der Waals surface area contributed by atoms with Crippen molar-refractivity contribution in [3.05, 3.63) is 24.7 Å². The number of fused-ring (bicyclic) bond motifs is 2. The van der Waals surface area contributed by atoms with E-state index in [4.69, 9.17) is 0 Å². The molecule has 2 bridgehead atoms. The third kappa shape index (κ3) is 3.16. The summed E-state index contributed by atoms with van der Waals surface area (Å²) in [6, 6.07) is 2.46. The van der Waals surface area contributed by atoms with Gasteiger partial charge < -0.3 is 20.4 Å².